The Kier molecular flexibility index (Phi) is 3.71. The zero-order valence-corrected chi connectivity index (χ0v) is 8.26. The molecule has 0 bridgehead atoms. The van der Waals surface area contributed by atoms with Gasteiger partial charge in [0.05, 0.1) is 11.9 Å². The minimum Gasteiger partial charge on any atom is -0.404 e. The van der Waals surface area contributed by atoms with E-state index in [1.165, 1.54) is 0 Å². The number of hydrogen-bond donors (Lipinski definition) is 2. The summed E-state index contributed by atoms with van der Waals surface area (Å²) in [6, 6.07) is 0. The summed E-state index contributed by atoms with van der Waals surface area (Å²) in [5, 5.41) is 0. The van der Waals surface area contributed by atoms with Gasteiger partial charge in [0, 0.05) is 12.1 Å². The molecule has 1 rings (SSSR count). The van der Waals surface area contributed by atoms with Crippen molar-refractivity contribution < 1.29 is 26.7 Å². The Hall–Kier alpha value is -1.64. The molecule has 0 saturated carbocycles. The maximum atomic E-state index is 12.4. The van der Waals surface area contributed by atoms with Gasteiger partial charge in [-0.1, -0.05) is 0 Å². The minimum atomic E-state index is -4.97. The number of nitrogens with zero attached hydrogens (tertiary/aromatic N) is 1. The van der Waals surface area contributed by atoms with Crippen LogP contribution in [0.2, 0.25) is 0 Å². The summed E-state index contributed by atoms with van der Waals surface area (Å²) in [6.45, 7) is -0.473. The summed E-state index contributed by atoms with van der Waals surface area (Å²) in [6.07, 6.45) is -7.45. The first kappa shape index (κ1) is 13.4. The molecule has 0 amide bonds. The van der Waals surface area contributed by atoms with Gasteiger partial charge in [0.1, 0.15) is 5.69 Å². The molecule has 0 atom stereocenters. The Morgan fingerprint density at radius 3 is 2.35 bits per heavy atom. The predicted molar refractivity (Wildman–Crippen MR) is 48.2 cm³/mol. The zero-order chi connectivity index (χ0) is 13.2. The van der Waals surface area contributed by atoms with Crippen LogP contribution in [0, 0.1) is 0 Å². The summed E-state index contributed by atoms with van der Waals surface area (Å²) in [5.74, 6) is -0.776. The van der Waals surface area contributed by atoms with Crippen molar-refractivity contribution in [2.75, 3.05) is 5.73 Å². The number of nitrogens with two attached hydrogens (primary N) is 2. The summed E-state index contributed by atoms with van der Waals surface area (Å²) >= 11 is 0. The largest absolute Gasteiger partial charge is 0.573 e. The topological polar surface area (TPSA) is 74.2 Å². The number of anilines is 1. The van der Waals surface area contributed by atoms with Crippen LogP contribution < -0.4 is 16.2 Å². The van der Waals surface area contributed by atoms with Crippen LogP contribution >= 0.6 is 0 Å². The van der Waals surface area contributed by atoms with E-state index in [-0.39, 0.29) is 5.56 Å². The Labute approximate surface area is 92.4 Å². The lowest BCUT2D eigenvalue weighted by molar-refractivity contribution is -0.275. The van der Waals surface area contributed by atoms with Gasteiger partial charge in [-0.3, -0.25) is 0 Å². The molecule has 1 aromatic rings. The molecule has 0 aromatic carbocycles. The maximum absolute atomic E-state index is 12.4. The molecular formula is C8H8F5N3O. The van der Waals surface area contributed by atoms with Crippen LogP contribution in [0.4, 0.5) is 27.6 Å². The summed E-state index contributed by atoms with van der Waals surface area (Å²) in [7, 11) is 0. The molecule has 0 spiro atoms. The lowest BCUT2D eigenvalue weighted by Crippen LogP contribution is -2.20. The molecule has 0 unspecified atom stereocenters. The number of nitrogen functional groups attached to an aromatic ring is 1. The van der Waals surface area contributed by atoms with E-state index >= 15 is 0 Å². The molecule has 0 aliphatic rings. The van der Waals surface area contributed by atoms with Crippen molar-refractivity contribution in [2.24, 2.45) is 5.73 Å². The van der Waals surface area contributed by atoms with Gasteiger partial charge in [0.2, 0.25) is 0 Å². The number of hydrogen-bond acceptors (Lipinski definition) is 4. The third-order valence-electron chi connectivity index (χ3n) is 1.86. The first-order valence-electron chi connectivity index (χ1n) is 4.27. The molecule has 4 nitrogen and oxygen atoms in total. The number of pyridine rings is 1. The normalized spacial score (nSPS) is 11.9. The molecule has 4 N–H and O–H groups in total. The third kappa shape index (κ3) is 3.16. The van der Waals surface area contributed by atoms with Crippen molar-refractivity contribution in [1.82, 2.24) is 4.98 Å². The Bertz CT molecular complexity index is 407. The van der Waals surface area contributed by atoms with Crippen LogP contribution in [0.15, 0.2) is 6.20 Å². The Balaban J connectivity index is 3.21. The number of halogens is 5. The zero-order valence-electron chi connectivity index (χ0n) is 8.26. The van der Waals surface area contributed by atoms with Crippen LogP contribution in [0.5, 0.6) is 5.75 Å². The van der Waals surface area contributed by atoms with E-state index in [9.17, 15) is 22.0 Å². The van der Waals surface area contributed by atoms with Crippen LogP contribution in [0.3, 0.4) is 0 Å². The second-order valence-electron chi connectivity index (χ2n) is 2.95. The fourth-order valence-corrected chi connectivity index (χ4v) is 1.16. The van der Waals surface area contributed by atoms with Gasteiger partial charge in [-0.2, -0.15) is 0 Å². The van der Waals surface area contributed by atoms with Crippen molar-refractivity contribution in [2.45, 2.75) is 19.3 Å². The highest BCUT2D eigenvalue weighted by Gasteiger charge is 2.33. The van der Waals surface area contributed by atoms with Crippen LogP contribution in [0.25, 0.3) is 0 Å². The minimum absolute atomic E-state index is 0.354. The molecular weight excluding hydrogens is 249 g/mol. The highest BCUT2D eigenvalue weighted by molar-refractivity contribution is 5.57. The highest BCUT2D eigenvalue weighted by atomic mass is 19.4. The summed E-state index contributed by atoms with van der Waals surface area (Å²) < 4.78 is 64.2. The average molecular weight is 257 g/mol. The van der Waals surface area contributed by atoms with Crippen molar-refractivity contribution in [3.63, 3.8) is 0 Å². The molecule has 0 saturated heterocycles. The van der Waals surface area contributed by atoms with E-state index in [1.807, 2.05) is 0 Å². The van der Waals surface area contributed by atoms with Gasteiger partial charge in [0.25, 0.3) is 6.43 Å². The highest BCUT2D eigenvalue weighted by Crippen LogP contribution is 2.33. The van der Waals surface area contributed by atoms with Crippen LogP contribution in [-0.4, -0.2) is 11.3 Å². The van der Waals surface area contributed by atoms with E-state index in [0.29, 0.717) is 6.20 Å². The van der Waals surface area contributed by atoms with E-state index in [0.717, 1.165) is 0 Å². The van der Waals surface area contributed by atoms with Gasteiger partial charge >= 0.3 is 6.36 Å². The van der Waals surface area contributed by atoms with E-state index in [2.05, 4.69) is 9.72 Å². The monoisotopic (exact) mass is 257 g/mol. The fourth-order valence-electron chi connectivity index (χ4n) is 1.16. The Morgan fingerprint density at radius 1 is 1.35 bits per heavy atom. The smallest absolute Gasteiger partial charge is 0.404 e. The molecule has 0 radical (unpaired) electrons. The van der Waals surface area contributed by atoms with Crippen molar-refractivity contribution in [3.05, 3.63) is 17.5 Å². The second kappa shape index (κ2) is 4.70. The molecule has 17 heavy (non-hydrogen) atoms. The first-order chi connectivity index (χ1) is 7.76. The molecule has 0 fully saturated rings. The quantitative estimate of drug-likeness (QED) is 0.812. The van der Waals surface area contributed by atoms with Gasteiger partial charge in [0.15, 0.2) is 5.75 Å². The lowest BCUT2D eigenvalue weighted by atomic mass is 10.1. The number of alkyl halides is 5. The van der Waals surface area contributed by atoms with Gasteiger partial charge in [-0.05, 0) is 0 Å². The molecule has 9 heteroatoms. The second-order valence-corrected chi connectivity index (χ2v) is 2.95. The molecule has 1 aromatic heterocycles. The van der Waals surface area contributed by atoms with Crippen LogP contribution in [0.1, 0.15) is 17.7 Å². The third-order valence-corrected chi connectivity index (χ3v) is 1.86. The fraction of sp³-hybridized carbons (Fsp3) is 0.375. The molecule has 0 aliphatic carbocycles. The predicted octanol–water partition coefficient (Wildman–Crippen LogP) is 1.96. The lowest BCUT2D eigenvalue weighted by Gasteiger charge is -2.15. The number of ether oxygens (including phenoxy) is 1. The summed E-state index contributed by atoms with van der Waals surface area (Å²) in [5.41, 5.74) is 8.62. The van der Waals surface area contributed by atoms with E-state index in [4.69, 9.17) is 11.5 Å². The number of aromatic nitrogens is 1. The SMILES string of the molecule is NCc1c(OC(F)(F)F)cnc(C(F)F)c1N. The van der Waals surface area contributed by atoms with Gasteiger partial charge < -0.3 is 16.2 Å². The van der Waals surface area contributed by atoms with Gasteiger partial charge in [-0.25, -0.2) is 13.8 Å². The van der Waals surface area contributed by atoms with Crippen molar-refractivity contribution >= 4 is 5.69 Å². The number of rotatable bonds is 3. The molecule has 1 heterocycles. The molecule has 0 aliphatic heterocycles. The van der Waals surface area contributed by atoms with Crippen molar-refractivity contribution in [3.8, 4) is 5.75 Å². The van der Waals surface area contributed by atoms with Gasteiger partial charge in [-0.15, -0.1) is 13.2 Å². The van der Waals surface area contributed by atoms with Crippen molar-refractivity contribution in [1.29, 1.82) is 0 Å². The standard InChI is InChI=1S/C8H8F5N3O/c9-7(10)6-5(15)3(1-14)4(2-16-6)17-8(11,12)13/h2,7H,1,14-15H2. The summed E-state index contributed by atoms with van der Waals surface area (Å²) in [4.78, 5) is 3.11. The molecule has 96 valence electrons. The van der Waals surface area contributed by atoms with E-state index < -0.39 is 36.5 Å². The van der Waals surface area contributed by atoms with E-state index in [1.54, 1.807) is 0 Å². The van der Waals surface area contributed by atoms with Crippen LogP contribution in [-0.2, 0) is 6.54 Å². The average Bonchev–Trinajstić information content (AvgIpc) is 2.15. The maximum Gasteiger partial charge on any atom is 0.573 e. The Morgan fingerprint density at radius 2 is 1.94 bits per heavy atom. The first-order valence-corrected chi connectivity index (χ1v) is 4.27.